The Morgan fingerprint density at radius 2 is 1.62 bits per heavy atom. The standard InChI is InChI=1S/C29H33N3O4S/c1-36-28(33)25-13-23-22-4-2-3-5-24(22)30-27(23)26(31-25)20-6-8-21(9-7-20)37(34,35)32-29-14-17-10-18(15-29)12-19(11-17)16-29/h2-9,17-19,25-26,30-32H,10-16H2,1H3/t17?,18?,19?,25-,26+,29?/m1/s1. The van der Waals surface area contributed by atoms with Crippen molar-refractivity contribution in [2.75, 3.05) is 7.11 Å². The van der Waals surface area contributed by atoms with E-state index in [9.17, 15) is 13.2 Å². The fourth-order valence-electron chi connectivity index (χ4n) is 8.21. The lowest BCUT2D eigenvalue weighted by Crippen LogP contribution is -2.59. The Morgan fingerprint density at radius 1 is 0.973 bits per heavy atom. The van der Waals surface area contributed by atoms with Crippen LogP contribution in [-0.2, 0) is 26.0 Å². The van der Waals surface area contributed by atoms with Crippen molar-refractivity contribution in [1.29, 1.82) is 0 Å². The van der Waals surface area contributed by atoms with Crippen LogP contribution < -0.4 is 10.0 Å². The molecule has 5 aliphatic rings. The summed E-state index contributed by atoms with van der Waals surface area (Å²) in [5, 5.41) is 4.52. The van der Waals surface area contributed by atoms with Gasteiger partial charge in [-0.15, -0.1) is 0 Å². The van der Waals surface area contributed by atoms with E-state index in [2.05, 4.69) is 21.1 Å². The summed E-state index contributed by atoms with van der Waals surface area (Å²) in [7, 11) is -2.23. The van der Waals surface area contributed by atoms with Crippen molar-refractivity contribution in [3.8, 4) is 0 Å². The van der Waals surface area contributed by atoms with Crippen LogP contribution in [-0.4, -0.2) is 38.1 Å². The number of H-pyrrole nitrogens is 1. The monoisotopic (exact) mass is 519 g/mol. The third-order valence-corrected chi connectivity index (χ3v) is 10.9. The molecule has 4 aliphatic carbocycles. The van der Waals surface area contributed by atoms with Crippen molar-refractivity contribution < 1.29 is 17.9 Å². The van der Waals surface area contributed by atoms with Crippen molar-refractivity contribution in [1.82, 2.24) is 15.0 Å². The average Bonchev–Trinajstić information content (AvgIpc) is 3.25. The summed E-state index contributed by atoms with van der Waals surface area (Å²) in [5.74, 6) is 1.70. The number of esters is 1. The van der Waals surface area contributed by atoms with Crippen LogP contribution in [0, 0.1) is 17.8 Å². The lowest BCUT2D eigenvalue weighted by atomic mass is 9.53. The van der Waals surface area contributed by atoms with Gasteiger partial charge in [0, 0.05) is 28.6 Å². The molecule has 3 aromatic rings. The third-order valence-electron chi connectivity index (χ3n) is 9.31. The molecule has 2 atom stereocenters. The van der Waals surface area contributed by atoms with E-state index >= 15 is 0 Å². The molecule has 0 saturated heterocycles. The topological polar surface area (TPSA) is 100 Å². The van der Waals surface area contributed by atoms with Crippen molar-refractivity contribution in [2.24, 2.45) is 17.8 Å². The molecule has 8 rings (SSSR count). The van der Waals surface area contributed by atoms with E-state index in [0.717, 1.165) is 47.0 Å². The molecule has 1 aromatic heterocycles. The molecule has 0 radical (unpaired) electrons. The van der Waals surface area contributed by atoms with Crippen LogP contribution in [0.3, 0.4) is 0 Å². The van der Waals surface area contributed by atoms with Crippen LogP contribution in [0.2, 0.25) is 0 Å². The quantitative estimate of drug-likeness (QED) is 0.439. The van der Waals surface area contributed by atoms with Gasteiger partial charge in [0.2, 0.25) is 10.0 Å². The highest BCUT2D eigenvalue weighted by atomic mass is 32.2. The summed E-state index contributed by atoms with van der Waals surface area (Å²) in [5.41, 5.74) is 3.74. The maximum atomic E-state index is 13.5. The van der Waals surface area contributed by atoms with Gasteiger partial charge in [-0.2, -0.15) is 0 Å². The second-order valence-corrected chi connectivity index (χ2v) is 13.5. The number of hydrogen-bond donors (Lipinski definition) is 3. The Labute approximate surface area is 217 Å². The molecule has 7 nitrogen and oxygen atoms in total. The maximum absolute atomic E-state index is 13.5. The minimum atomic E-state index is -3.63. The number of aromatic nitrogens is 1. The highest BCUT2D eigenvalue weighted by Gasteiger charge is 2.52. The number of fused-ring (bicyclic) bond motifs is 3. The van der Waals surface area contributed by atoms with E-state index in [0.29, 0.717) is 29.1 Å². The summed E-state index contributed by atoms with van der Waals surface area (Å²) in [4.78, 5) is 16.3. The number of carbonyl (C=O) groups excluding carboxylic acids is 1. The normalized spacial score (nSPS) is 32.4. The first kappa shape index (κ1) is 23.4. The summed E-state index contributed by atoms with van der Waals surface area (Å²) in [6, 6.07) is 14.4. The number of hydrogen-bond acceptors (Lipinski definition) is 5. The summed E-state index contributed by atoms with van der Waals surface area (Å²) in [6.45, 7) is 0. The zero-order valence-electron chi connectivity index (χ0n) is 21.0. The first-order valence-electron chi connectivity index (χ1n) is 13.4. The third kappa shape index (κ3) is 3.92. The highest BCUT2D eigenvalue weighted by Crippen LogP contribution is 2.56. The van der Waals surface area contributed by atoms with Crippen LogP contribution in [0.1, 0.15) is 61.4 Å². The van der Waals surface area contributed by atoms with Crippen LogP contribution in [0.4, 0.5) is 0 Å². The van der Waals surface area contributed by atoms with Gasteiger partial charge in [-0.3, -0.25) is 10.1 Å². The molecule has 0 spiro atoms. The minimum absolute atomic E-state index is 0.274. The van der Waals surface area contributed by atoms with E-state index < -0.39 is 16.1 Å². The zero-order valence-corrected chi connectivity index (χ0v) is 21.8. The van der Waals surface area contributed by atoms with Crippen molar-refractivity contribution in [2.45, 2.75) is 67.5 Å². The van der Waals surface area contributed by atoms with Gasteiger partial charge in [0.05, 0.1) is 18.0 Å². The van der Waals surface area contributed by atoms with Gasteiger partial charge >= 0.3 is 5.97 Å². The number of methoxy groups -OCH3 is 1. The lowest BCUT2D eigenvalue weighted by molar-refractivity contribution is -0.143. The van der Waals surface area contributed by atoms with Crippen LogP contribution in [0.15, 0.2) is 53.4 Å². The molecule has 4 fully saturated rings. The molecule has 8 heteroatoms. The number of rotatable bonds is 5. The highest BCUT2D eigenvalue weighted by molar-refractivity contribution is 7.89. The van der Waals surface area contributed by atoms with E-state index in [1.54, 1.807) is 12.1 Å². The number of aromatic amines is 1. The number of ether oxygens (including phenoxy) is 1. The molecule has 1 aliphatic heterocycles. The van der Waals surface area contributed by atoms with Crippen molar-refractivity contribution in [3.63, 3.8) is 0 Å². The lowest BCUT2D eigenvalue weighted by Gasteiger charge is -2.56. The van der Waals surface area contributed by atoms with E-state index in [4.69, 9.17) is 4.74 Å². The fraction of sp³-hybridized carbons (Fsp3) is 0.483. The Hall–Kier alpha value is -2.68. The van der Waals surface area contributed by atoms with E-state index in [1.807, 2.05) is 30.3 Å². The van der Waals surface area contributed by atoms with Gasteiger partial charge in [0.25, 0.3) is 0 Å². The number of para-hydroxylation sites is 1. The number of benzene rings is 2. The smallest absolute Gasteiger partial charge is 0.323 e. The van der Waals surface area contributed by atoms with Crippen LogP contribution >= 0.6 is 0 Å². The molecule has 0 amide bonds. The van der Waals surface area contributed by atoms with E-state index in [-0.39, 0.29) is 17.6 Å². The predicted molar refractivity (Wildman–Crippen MR) is 140 cm³/mol. The molecular formula is C29H33N3O4S. The van der Waals surface area contributed by atoms with Crippen LogP contribution in [0.5, 0.6) is 0 Å². The summed E-state index contributed by atoms with van der Waals surface area (Å²) in [6.07, 6.45) is 7.26. The predicted octanol–water partition coefficient (Wildman–Crippen LogP) is 4.19. The molecular weight excluding hydrogens is 486 g/mol. The molecule has 4 bridgehead atoms. The number of carbonyl (C=O) groups is 1. The maximum Gasteiger partial charge on any atom is 0.323 e. The van der Waals surface area contributed by atoms with Gasteiger partial charge in [0.15, 0.2) is 0 Å². The largest absolute Gasteiger partial charge is 0.468 e. The van der Waals surface area contributed by atoms with Gasteiger partial charge < -0.3 is 9.72 Å². The second kappa shape index (κ2) is 8.41. The molecule has 4 saturated carbocycles. The summed E-state index contributed by atoms with van der Waals surface area (Å²) >= 11 is 0. The zero-order chi connectivity index (χ0) is 25.4. The fourth-order valence-corrected chi connectivity index (χ4v) is 9.64. The molecule has 2 aromatic carbocycles. The minimum Gasteiger partial charge on any atom is -0.468 e. The van der Waals surface area contributed by atoms with Gasteiger partial charge in [-0.1, -0.05) is 30.3 Å². The first-order chi connectivity index (χ1) is 17.8. The van der Waals surface area contributed by atoms with Crippen molar-refractivity contribution in [3.05, 3.63) is 65.4 Å². The van der Waals surface area contributed by atoms with E-state index in [1.165, 1.54) is 26.4 Å². The van der Waals surface area contributed by atoms with Gasteiger partial charge in [0.1, 0.15) is 6.04 Å². The van der Waals surface area contributed by atoms with Crippen LogP contribution in [0.25, 0.3) is 10.9 Å². The van der Waals surface area contributed by atoms with Crippen molar-refractivity contribution >= 4 is 26.9 Å². The first-order valence-corrected chi connectivity index (χ1v) is 14.9. The number of sulfonamides is 1. The molecule has 0 unspecified atom stereocenters. The number of nitrogens with one attached hydrogen (secondary N) is 3. The molecule has 194 valence electrons. The second-order valence-electron chi connectivity index (χ2n) is 11.8. The Kier molecular flexibility index (Phi) is 5.33. The molecule has 2 heterocycles. The molecule has 37 heavy (non-hydrogen) atoms. The SMILES string of the molecule is COC(=O)[C@H]1Cc2c([nH]c3ccccc23)[C@H](c2ccc(S(=O)(=O)NC34CC5CC(CC(C5)C3)C4)cc2)N1. The molecule has 3 N–H and O–H groups in total. The van der Waals surface area contributed by atoms with Gasteiger partial charge in [-0.25, -0.2) is 13.1 Å². The summed E-state index contributed by atoms with van der Waals surface area (Å²) < 4.78 is 35.2. The Bertz CT molecular complexity index is 1440. The van der Waals surface area contributed by atoms with Gasteiger partial charge in [-0.05, 0) is 85.6 Å². The average molecular weight is 520 g/mol. The Morgan fingerprint density at radius 3 is 2.27 bits per heavy atom. The Balaban J connectivity index is 1.19.